The normalized spacial score (nSPS) is 10.8. The third-order valence-corrected chi connectivity index (χ3v) is 5.50. The van der Waals surface area contributed by atoms with Crippen LogP contribution in [0.15, 0.2) is 54.7 Å². The zero-order valence-electron chi connectivity index (χ0n) is 17.7. The molecule has 0 amide bonds. The first-order chi connectivity index (χ1) is 15.6. The molecule has 0 bridgehead atoms. The summed E-state index contributed by atoms with van der Waals surface area (Å²) in [6.45, 7) is 4.60. The molecule has 32 heavy (non-hydrogen) atoms. The molecule has 0 fully saturated rings. The van der Waals surface area contributed by atoms with E-state index in [2.05, 4.69) is 10.3 Å². The van der Waals surface area contributed by atoms with Crippen LogP contribution >= 0.6 is 34.8 Å². The molecule has 3 rings (SSSR count). The molecule has 0 unspecified atom stereocenters. The van der Waals surface area contributed by atoms with Gasteiger partial charge < -0.3 is 19.5 Å². The highest BCUT2D eigenvalue weighted by atomic mass is 35.5. The van der Waals surface area contributed by atoms with Crippen LogP contribution < -0.4 is 19.5 Å². The highest BCUT2D eigenvalue weighted by molar-refractivity contribution is 6.36. The maximum absolute atomic E-state index is 6.52. The SMILES string of the molecule is CCOc1cc(CNCCCOc2ccccn2)cc(Cl)c1OCc1c(Cl)cccc1Cl. The third kappa shape index (κ3) is 7.17. The minimum Gasteiger partial charge on any atom is -0.490 e. The van der Waals surface area contributed by atoms with E-state index in [9.17, 15) is 0 Å². The van der Waals surface area contributed by atoms with Gasteiger partial charge in [-0.05, 0) is 55.8 Å². The second-order valence-electron chi connectivity index (χ2n) is 6.87. The van der Waals surface area contributed by atoms with Crippen molar-refractivity contribution < 1.29 is 14.2 Å². The predicted molar refractivity (Wildman–Crippen MR) is 129 cm³/mol. The van der Waals surface area contributed by atoms with Crippen molar-refractivity contribution in [1.82, 2.24) is 10.3 Å². The van der Waals surface area contributed by atoms with E-state index in [0.29, 0.717) is 57.8 Å². The predicted octanol–water partition coefficient (Wildman–Crippen LogP) is 6.58. The number of benzene rings is 2. The van der Waals surface area contributed by atoms with Crippen molar-refractivity contribution in [2.45, 2.75) is 26.5 Å². The van der Waals surface area contributed by atoms with Gasteiger partial charge in [0.05, 0.1) is 18.2 Å². The average Bonchev–Trinajstić information content (AvgIpc) is 2.78. The Morgan fingerprint density at radius 3 is 2.44 bits per heavy atom. The van der Waals surface area contributed by atoms with Crippen molar-refractivity contribution in [3.8, 4) is 17.4 Å². The number of nitrogens with one attached hydrogen (secondary N) is 1. The zero-order valence-corrected chi connectivity index (χ0v) is 20.0. The summed E-state index contributed by atoms with van der Waals surface area (Å²) < 4.78 is 17.3. The molecule has 0 spiro atoms. The summed E-state index contributed by atoms with van der Waals surface area (Å²) in [5.41, 5.74) is 1.69. The van der Waals surface area contributed by atoms with Crippen molar-refractivity contribution in [2.24, 2.45) is 0 Å². The van der Waals surface area contributed by atoms with E-state index in [1.807, 2.05) is 37.3 Å². The van der Waals surface area contributed by atoms with Gasteiger partial charge in [-0.3, -0.25) is 0 Å². The van der Waals surface area contributed by atoms with Gasteiger partial charge >= 0.3 is 0 Å². The van der Waals surface area contributed by atoms with Gasteiger partial charge in [-0.15, -0.1) is 0 Å². The van der Waals surface area contributed by atoms with Crippen LogP contribution in [-0.4, -0.2) is 24.7 Å². The lowest BCUT2D eigenvalue weighted by Gasteiger charge is -2.16. The van der Waals surface area contributed by atoms with Gasteiger partial charge in [-0.2, -0.15) is 0 Å². The molecule has 0 aliphatic carbocycles. The maximum atomic E-state index is 6.52. The average molecular weight is 496 g/mol. The van der Waals surface area contributed by atoms with Crippen molar-refractivity contribution in [2.75, 3.05) is 19.8 Å². The number of hydrogen-bond acceptors (Lipinski definition) is 5. The second kappa shape index (κ2) is 12.8. The Bertz CT molecular complexity index is 983. The fraction of sp³-hybridized carbons (Fsp3) is 0.292. The molecule has 0 aliphatic heterocycles. The van der Waals surface area contributed by atoms with Gasteiger partial charge in [0.2, 0.25) is 5.88 Å². The molecule has 1 heterocycles. The van der Waals surface area contributed by atoms with Crippen LogP contribution in [-0.2, 0) is 13.2 Å². The highest BCUT2D eigenvalue weighted by Crippen LogP contribution is 2.38. The molecule has 0 saturated carbocycles. The lowest BCUT2D eigenvalue weighted by Crippen LogP contribution is -2.17. The standard InChI is InChI=1S/C24H25Cl3N2O3/c1-2-30-22-14-17(15-28-10-6-12-31-23-9-3-4-11-29-23)13-21(27)24(22)32-16-18-19(25)7-5-8-20(18)26/h3-5,7-9,11,13-14,28H,2,6,10,12,15-16H2,1H3. The minimum absolute atomic E-state index is 0.187. The molecule has 1 aromatic heterocycles. The molecule has 5 nitrogen and oxygen atoms in total. The molecule has 0 aliphatic rings. The van der Waals surface area contributed by atoms with Gasteiger partial charge in [0.1, 0.15) is 6.61 Å². The minimum atomic E-state index is 0.187. The number of nitrogens with zero attached hydrogens (tertiary/aromatic N) is 1. The van der Waals surface area contributed by atoms with Crippen LogP contribution in [0, 0.1) is 0 Å². The molecule has 0 radical (unpaired) electrons. The van der Waals surface area contributed by atoms with Gasteiger partial charge in [-0.25, -0.2) is 4.98 Å². The number of hydrogen-bond donors (Lipinski definition) is 1. The maximum Gasteiger partial charge on any atom is 0.213 e. The van der Waals surface area contributed by atoms with Crippen LogP contribution in [0.4, 0.5) is 0 Å². The van der Waals surface area contributed by atoms with E-state index < -0.39 is 0 Å². The third-order valence-electron chi connectivity index (χ3n) is 4.51. The summed E-state index contributed by atoms with van der Waals surface area (Å²) in [4.78, 5) is 4.14. The summed E-state index contributed by atoms with van der Waals surface area (Å²) in [7, 11) is 0. The summed E-state index contributed by atoms with van der Waals surface area (Å²) >= 11 is 19.0. The number of ether oxygens (including phenoxy) is 3. The molecular formula is C24H25Cl3N2O3. The summed E-state index contributed by atoms with van der Waals surface area (Å²) in [6.07, 6.45) is 2.56. The first-order valence-electron chi connectivity index (χ1n) is 10.3. The molecule has 0 saturated heterocycles. The van der Waals surface area contributed by atoms with Crippen LogP contribution in [0.1, 0.15) is 24.5 Å². The quantitative estimate of drug-likeness (QED) is 0.288. The first kappa shape index (κ1) is 24.5. The molecule has 170 valence electrons. The second-order valence-corrected chi connectivity index (χ2v) is 8.10. The van der Waals surface area contributed by atoms with Crippen LogP contribution in [0.25, 0.3) is 0 Å². The topological polar surface area (TPSA) is 52.6 Å². The van der Waals surface area contributed by atoms with Crippen molar-refractivity contribution >= 4 is 34.8 Å². The van der Waals surface area contributed by atoms with E-state index in [0.717, 1.165) is 18.5 Å². The Morgan fingerprint density at radius 1 is 0.906 bits per heavy atom. The summed E-state index contributed by atoms with van der Waals surface area (Å²) in [6, 6.07) is 14.7. The molecule has 8 heteroatoms. The largest absolute Gasteiger partial charge is 0.490 e. The van der Waals surface area contributed by atoms with Crippen molar-refractivity contribution in [1.29, 1.82) is 0 Å². The van der Waals surface area contributed by atoms with Crippen LogP contribution in [0.2, 0.25) is 15.1 Å². The van der Waals surface area contributed by atoms with Gasteiger partial charge in [0.15, 0.2) is 11.5 Å². The summed E-state index contributed by atoms with van der Waals surface area (Å²) in [5.74, 6) is 1.68. The van der Waals surface area contributed by atoms with Crippen molar-refractivity contribution in [3.05, 3.63) is 80.9 Å². The molecular weight excluding hydrogens is 471 g/mol. The Balaban J connectivity index is 1.55. The summed E-state index contributed by atoms with van der Waals surface area (Å²) in [5, 5.41) is 4.94. The Kier molecular flexibility index (Phi) is 9.75. The molecule has 1 N–H and O–H groups in total. The Hall–Kier alpha value is -2.18. The molecule has 2 aromatic carbocycles. The van der Waals surface area contributed by atoms with E-state index in [1.165, 1.54) is 0 Å². The van der Waals surface area contributed by atoms with Crippen LogP contribution in [0.3, 0.4) is 0 Å². The van der Waals surface area contributed by atoms with Gasteiger partial charge in [0, 0.05) is 34.4 Å². The van der Waals surface area contributed by atoms with E-state index in [1.54, 1.807) is 24.4 Å². The van der Waals surface area contributed by atoms with E-state index >= 15 is 0 Å². The lowest BCUT2D eigenvalue weighted by molar-refractivity contribution is 0.269. The van der Waals surface area contributed by atoms with E-state index in [4.69, 9.17) is 49.0 Å². The van der Waals surface area contributed by atoms with Crippen molar-refractivity contribution in [3.63, 3.8) is 0 Å². The monoisotopic (exact) mass is 494 g/mol. The fourth-order valence-electron chi connectivity index (χ4n) is 2.98. The van der Waals surface area contributed by atoms with Crippen LogP contribution in [0.5, 0.6) is 17.4 Å². The van der Waals surface area contributed by atoms with Gasteiger partial charge in [-0.1, -0.05) is 46.9 Å². The lowest BCUT2D eigenvalue weighted by atomic mass is 10.2. The number of rotatable bonds is 12. The molecule has 0 atom stereocenters. The smallest absolute Gasteiger partial charge is 0.213 e. The fourth-order valence-corrected chi connectivity index (χ4v) is 3.77. The van der Waals surface area contributed by atoms with Gasteiger partial charge in [0.25, 0.3) is 0 Å². The van der Waals surface area contributed by atoms with E-state index in [-0.39, 0.29) is 6.61 Å². The number of pyridine rings is 1. The Morgan fingerprint density at radius 2 is 1.72 bits per heavy atom. The highest BCUT2D eigenvalue weighted by Gasteiger charge is 2.15. The first-order valence-corrected chi connectivity index (χ1v) is 11.5. The number of halogens is 3. The Labute approximate surface area is 203 Å². The zero-order chi connectivity index (χ0) is 22.8. The number of aromatic nitrogens is 1. The molecule has 3 aromatic rings.